The van der Waals surface area contributed by atoms with E-state index in [9.17, 15) is 10.0 Å². The van der Waals surface area contributed by atoms with Gasteiger partial charge in [-0.3, -0.25) is 0 Å². The maximum atomic E-state index is 11.1. The molecule has 2 rings (SSSR count). The minimum Gasteiger partial charge on any atom is -0.464 e. The van der Waals surface area contributed by atoms with E-state index < -0.39 is 5.97 Å². The summed E-state index contributed by atoms with van der Waals surface area (Å²) in [5, 5.41) is 13.3. The van der Waals surface area contributed by atoms with Gasteiger partial charge in [0.05, 0.1) is 12.3 Å². The predicted molar refractivity (Wildman–Crippen MR) is 62.6 cm³/mol. The molecular weight excluding hydrogens is 252 g/mol. The third kappa shape index (κ3) is 3.18. The van der Waals surface area contributed by atoms with Gasteiger partial charge in [-0.15, -0.1) is 0 Å². The molecule has 0 aliphatic rings. The van der Waals surface area contributed by atoms with Gasteiger partial charge in [-0.1, -0.05) is 9.94 Å². The molecule has 0 fully saturated rings. The minimum absolute atomic E-state index is 0.101. The van der Waals surface area contributed by atoms with Gasteiger partial charge in [-0.2, -0.15) is 0 Å². The molecular formula is C11H12N4O4. The first kappa shape index (κ1) is 12.8. The van der Waals surface area contributed by atoms with Crippen LogP contribution in [-0.2, 0) is 9.53 Å². The lowest BCUT2D eigenvalue weighted by Crippen LogP contribution is -2.14. The molecule has 0 aromatic carbocycles. The Labute approximate surface area is 108 Å². The zero-order chi connectivity index (χ0) is 13.7. The minimum atomic E-state index is -0.501. The van der Waals surface area contributed by atoms with E-state index >= 15 is 0 Å². The third-order valence-electron chi connectivity index (χ3n) is 2.16. The SMILES string of the molecule is CCOC(=O)COc1cc(-c2ccncn2)n(O)n1. The van der Waals surface area contributed by atoms with E-state index in [-0.39, 0.29) is 19.1 Å². The van der Waals surface area contributed by atoms with Crippen molar-refractivity contribution < 1.29 is 19.5 Å². The summed E-state index contributed by atoms with van der Waals surface area (Å²) in [7, 11) is 0. The van der Waals surface area contributed by atoms with Crippen LogP contribution in [0.1, 0.15) is 6.92 Å². The molecule has 2 aromatic heterocycles. The summed E-state index contributed by atoms with van der Waals surface area (Å²) in [6, 6.07) is 3.07. The van der Waals surface area contributed by atoms with Crippen molar-refractivity contribution in [2.45, 2.75) is 6.92 Å². The van der Waals surface area contributed by atoms with Gasteiger partial charge in [-0.05, 0) is 13.0 Å². The monoisotopic (exact) mass is 264 g/mol. The van der Waals surface area contributed by atoms with E-state index in [2.05, 4.69) is 15.1 Å². The van der Waals surface area contributed by atoms with Gasteiger partial charge in [0.2, 0.25) is 5.88 Å². The molecule has 8 heteroatoms. The van der Waals surface area contributed by atoms with Crippen LogP contribution in [0.5, 0.6) is 5.88 Å². The molecule has 0 aliphatic carbocycles. The van der Waals surface area contributed by atoms with E-state index in [0.29, 0.717) is 16.2 Å². The molecule has 0 amide bonds. The first-order valence-electron chi connectivity index (χ1n) is 5.55. The molecule has 0 saturated carbocycles. The Kier molecular flexibility index (Phi) is 3.91. The number of rotatable bonds is 5. The van der Waals surface area contributed by atoms with Crippen molar-refractivity contribution in [1.82, 2.24) is 19.9 Å². The van der Waals surface area contributed by atoms with Crippen LogP contribution in [0.2, 0.25) is 0 Å². The summed E-state index contributed by atoms with van der Waals surface area (Å²) in [4.78, 5) is 19.5. The Balaban J connectivity index is 2.07. The fraction of sp³-hybridized carbons (Fsp3) is 0.273. The highest BCUT2D eigenvalue weighted by Crippen LogP contribution is 2.20. The molecule has 19 heavy (non-hydrogen) atoms. The number of carbonyl (C=O) groups excluding carboxylic acids is 1. The number of hydrogen-bond donors (Lipinski definition) is 1. The summed E-state index contributed by atoms with van der Waals surface area (Å²) < 4.78 is 9.80. The molecule has 0 saturated heterocycles. The van der Waals surface area contributed by atoms with Crippen LogP contribution in [-0.4, -0.2) is 44.3 Å². The highest BCUT2D eigenvalue weighted by molar-refractivity contribution is 5.71. The molecule has 100 valence electrons. The van der Waals surface area contributed by atoms with Crippen molar-refractivity contribution in [2.24, 2.45) is 0 Å². The van der Waals surface area contributed by atoms with Gasteiger partial charge < -0.3 is 14.7 Å². The number of carbonyl (C=O) groups is 1. The van der Waals surface area contributed by atoms with E-state index in [1.807, 2.05) is 0 Å². The summed E-state index contributed by atoms with van der Waals surface area (Å²) in [5.41, 5.74) is 0.817. The molecule has 0 unspecified atom stereocenters. The van der Waals surface area contributed by atoms with Gasteiger partial charge in [0.1, 0.15) is 12.0 Å². The molecule has 0 bridgehead atoms. The Morgan fingerprint density at radius 3 is 3.05 bits per heavy atom. The first-order valence-corrected chi connectivity index (χ1v) is 5.55. The maximum Gasteiger partial charge on any atom is 0.344 e. The quantitative estimate of drug-likeness (QED) is 0.620. The normalized spacial score (nSPS) is 10.2. The van der Waals surface area contributed by atoms with Crippen LogP contribution in [0, 0.1) is 0 Å². The van der Waals surface area contributed by atoms with Crippen molar-refractivity contribution in [1.29, 1.82) is 0 Å². The van der Waals surface area contributed by atoms with Gasteiger partial charge >= 0.3 is 5.97 Å². The number of nitrogens with zero attached hydrogens (tertiary/aromatic N) is 4. The molecule has 0 atom stereocenters. The zero-order valence-corrected chi connectivity index (χ0v) is 10.2. The van der Waals surface area contributed by atoms with Crippen LogP contribution in [0.15, 0.2) is 24.7 Å². The van der Waals surface area contributed by atoms with Crippen molar-refractivity contribution in [2.75, 3.05) is 13.2 Å². The number of aromatic nitrogens is 4. The predicted octanol–water partition coefficient (Wildman–Crippen LogP) is 0.519. The van der Waals surface area contributed by atoms with Gasteiger partial charge in [0.15, 0.2) is 6.61 Å². The van der Waals surface area contributed by atoms with E-state index in [0.717, 1.165) is 0 Å². The van der Waals surface area contributed by atoms with Gasteiger partial charge in [0, 0.05) is 12.3 Å². The molecule has 8 nitrogen and oxygen atoms in total. The first-order chi connectivity index (χ1) is 9.20. The standard InChI is InChI=1S/C11H12N4O4/c1-2-18-11(16)6-19-10-5-9(15(17)14-10)8-3-4-12-7-13-8/h3-5,7,17H,2,6H2,1H3. The second-order valence-electron chi connectivity index (χ2n) is 3.45. The van der Waals surface area contributed by atoms with Crippen LogP contribution >= 0.6 is 0 Å². The molecule has 0 aliphatic heterocycles. The number of ether oxygens (including phenoxy) is 2. The lowest BCUT2D eigenvalue weighted by molar-refractivity contribution is -0.145. The second-order valence-corrected chi connectivity index (χ2v) is 3.45. The van der Waals surface area contributed by atoms with Crippen LogP contribution in [0.3, 0.4) is 0 Å². The maximum absolute atomic E-state index is 11.1. The lowest BCUT2D eigenvalue weighted by Gasteiger charge is -2.01. The Morgan fingerprint density at radius 1 is 1.53 bits per heavy atom. The lowest BCUT2D eigenvalue weighted by atomic mass is 10.3. The van der Waals surface area contributed by atoms with E-state index in [1.54, 1.807) is 13.0 Å². The second kappa shape index (κ2) is 5.80. The van der Waals surface area contributed by atoms with Gasteiger partial charge in [-0.25, -0.2) is 14.8 Å². The molecule has 0 radical (unpaired) electrons. The topological polar surface area (TPSA) is 99.4 Å². The Morgan fingerprint density at radius 2 is 2.37 bits per heavy atom. The molecule has 1 N–H and O–H groups in total. The smallest absolute Gasteiger partial charge is 0.344 e. The van der Waals surface area contributed by atoms with Crippen LogP contribution < -0.4 is 4.74 Å². The summed E-state index contributed by atoms with van der Waals surface area (Å²) in [5.74, 6) is -0.400. The van der Waals surface area contributed by atoms with E-state index in [4.69, 9.17) is 9.47 Å². The summed E-state index contributed by atoms with van der Waals surface area (Å²) >= 11 is 0. The number of esters is 1. The van der Waals surface area contributed by atoms with Crippen molar-refractivity contribution in [3.05, 3.63) is 24.7 Å². The fourth-order valence-corrected chi connectivity index (χ4v) is 1.38. The zero-order valence-electron chi connectivity index (χ0n) is 10.2. The largest absolute Gasteiger partial charge is 0.464 e. The summed E-state index contributed by atoms with van der Waals surface area (Å²) in [6.07, 6.45) is 2.88. The fourth-order valence-electron chi connectivity index (χ4n) is 1.38. The average molecular weight is 264 g/mol. The Hall–Kier alpha value is -2.64. The van der Waals surface area contributed by atoms with Crippen molar-refractivity contribution in [3.8, 4) is 17.3 Å². The van der Waals surface area contributed by atoms with Crippen LogP contribution in [0.25, 0.3) is 11.4 Å². The van der Waals surface area contributed by atoms with Gasteiger partial charge in [0.25, 0.3) is 0 Å². The molecule has 0 spiro atoms. The number of hydrogen-bond acceptors (Lipinski definition) is 7. The van der Waals surface area contributed by atoms with Crippen LogP contribution in [0.4, 0.5) is 0 Å². The summed E-state index contributed by atoms with van der Waals surface area (Å²) in [6.45, 7) is 1.71. The van der Waals surface area contributed by atoms with Crippen molar-refractivity contribution >= 4 is 5.97 Å². The highest BCUT2D eigenvalue weighted by atomic mass is 16.6. The van der Waals surface area contributed by atoms with Crippen molar-refractivity contribution in [3.63, 3.8) is 0 Å². The average Bonchev–Trinajstić information content (AvgIpc) is 2.79. The van der Waals surface area contributed by atoms with E-state index in [1.165, 1.54) is 18.6 Å². The Bertz CT molecular complexity index is 555. The third-order valence-corrected chi connectivity index (χ3v) is 2.16. The molecule has 2 aromatic rings. The highest BCUT2D eigenvalue weighted by Gasteiger charge is 2.12. The molecule has 2 heterocycles.